The van der Waals surface area contributed by atoms with Gasteiger partial charge in [-0.3, -0.25) is 0 Å². The predicted octanol–water partition coefficient (Wildman–Crippen LogP) is 3.30. The molecule has 1 atom stereocenters. The third kappa shape index (κ3) is 4.01. The van der Waals surface area contributed by atoms with Gasteiger partial charge in [-0.15, -0.1) is 0 Å². The summed E-state index contributed by atoms with van der Waals surface area (Å²) in [5.41, 5.74) is -0.113. The molecule has 2 aromatic rings. The van der Waals surface area contributed by atoms with Crippen LogP contribution in [-0.2, 0) is 0 Å². The smallest absolute Gasteiger partial charge is 0.318 e. The fourth-order valence-electron chi connectivity index (χ4n) is 2.36. The molecule has 5 nitrogen and oxygen atoms in total. The van der Waals surface area contributed by atoms with Crippen molar-refractivity contribution < 1.29 is 14.3 Å². The summed E-state index contributed by atoms with van der Waals surface area (Å²) < 4.78 is 5.76. The molecular formula is C17H24N2O3. The molecule has 1 heterocycles. The van der Waals surface area contributed by atoms with Crippen LogP contribution >= 0.6 is 0 Å². The van der Waals surface area contributed by atoms with Crippen LogP contribution in [0.3, 0.4) is 0 Å². The van der Waals surface area contributed by atoms with Gasteiger partial charge in [0.15, 0.2) is 0 Å². The minimum absolute atomic E-state index is 0.211. The molecule has 0 radical (unpaired) electrons. The van der Waals surface area contributed by atoms with E-state index in [1.54, 1.807) is 18.7 Å². The van der Waals surface area contributed by atoms with Crippen LogP contribution in [0.1, 0.15) is 39.5 Å². The number of benzene rings is 1. The van der Waals surface area contributed by atoms with E-state index in [1.165, 1.54) is 0 Å². The second-order valence-corrected chi connectivity index (χ2v) is 6.18. The highest BCUT2D eigenvalue weighted by Gasteiger charge is 2.23. The van der Waals surface area contributed by atoms with E-state index in [9.17, 15) is 9.90 Å². The quantitative estimate of drug-likeness (QED) is 0.890. The third-order valence-electron chi connectivity index (χ3n) is 3.46. The van der Waals surface area contributed by atoms with Crippen molar-refractivity contribution in [1.29, 1.82) is 0 Å². The van der Waals surface area contributed by atoms with E-state index in [0.717, 1.165) is 11.0 Å². The highest BCUT2D eigenvalue weighted by molar-refractivity contribution is 5.78. The number of hydrogen-bond donors (Lipinski definition) is 2. The van der Waals surface area contributed by atoms with Crippen LogP contribution < -0.4 is 5.32 Å². The van der Waals surface area contributed by atoms with Crippen molar-refractivity contribution in [3.8, 4) is 0 Å². The normalized spacial score (nSPS) is 13.1. The monoisotopic (exact) mass is 304 g/mol. The number of fused-ring (bicyclic) bond motifs is 1. The van der Waals surface area contributed by atoms with Crippen molar-refractivity contribution >= 4 is 17.0 Å². The first kappa shape index (κ1) is 16.4. The van der Waals surface area contributed by atoms with Crippen molar-refractivity contribution in [2.45, 2.75) is 39.3 Å². The number of para-hydroxylation sites is 1. The van der Waals surface area contributed by atoms with E-state index < -0.39 is 5.60 Å². The number of nitrogens with zero attached hydrogens (tertiary/aromatic N) is 1. The second-order valence-electron chi connectivity index (χ2n) is 6.18. The largest absolute Gasteiger partial charge is 0.459 e. The number of carbonyl (C=O) groups excluding carboxylic acids is 1. The standard InChI is InChI=1S/C17H24N2O3/c1-5-19(11-17(3,4)21)16(20)18-12(2)15-10-13-8-6-7-9-14(13)22-15/h6-10,12,21H,5,11H2,1-4H3,(H,18,20). The average Bonchev–Trinajstić information content (AvgIpc) is 2.87. The zero-order valence-electron chi connectivity index (χ0n) is 13.6. The number of rotatable bonds is 5. The first-order valence-electron chi connectivity index (χ1n) is 7.56. The van der Waals surface area contributed by atoms with Gasteiger partial charge in [-0.05, 0) is 39.8 Å². The number of aliphatic hydroxyl groups is 1. The summed E-state index contributed by atoms with van der Waals surface area (Å²) in [5, 5.41) is 13.8. The fourth-order valence-corrected chi connectivity index (χ4v) is 2.36. The Hall–Kier alpha value is -2.01. The molecule has 0 fully saturated rings. The van der Waals surface area contributed by atoms with Crippen LogP contribution in [-0.4, -0.2) is 34.7 Å². The maximum absolute atomic E-state index is 12.3. The van der Waals surface area contributed by atoms with Gasteiger partial charge < -0.3 is 19.7 Å². The van der Waals surface area contributed by atoms with Gasteiger partial charge in [0.1, 0.15) is 11.3 Å². The molecule has 0 saturated heterocycles. The Morgan fingerprint density at radius 2 is 2.09 bits per heavy atom. The van der Waals surface area contributed by atoms with Crippen LogP contribution in [0.25, 0.3) is 11.0 Å². The molecule has 0 bridgehead atoms. The number of likely N-dealkylation sites (N-methyl/N-ethyl adjacent to an activating group) is 1. The Balaban J connectivity index is 2.06. The van der Waals surface area contributed by atoms with Gasteiger partial charge in [0.25, 0.3) is 0 Å². The lowest BCUT2D eigenvalue weighted by atomic mass is 10.1. The lowest BCUT2D eigenvalue weighted by molar-refractivity contribution is 0.0475. The summed E-state index contributed by atoms with van der Waals surface area (Å²) in [6.07, 6.45) is 0. The summed E-state index contributed by atoms with van der Waals surface area (Å²) in [4.78, 5) is 13.9. The number of amides is 2. The molecule has 2 rings (SSSR count). The Morgan fingerprint density at radius 3 is 2.68 bits per heavy atom. The molecule has 0 spiro atoms. The van der Waals surface area contributed by atoms with Crippen LogP contribution in [0, 0.1) is 0 Å². The molecule has 0 aliphatic carbocycles. The lowest BCUT2D eigenvalue weighted by Crippen LogP contribution is -2.47. The number of nitrogens with one attached hydrogen (secondary N) is 1. The minimum atomic E-state index is -0.921. The highest BCUT2D eigenvalue weighted by atomic mass is 16.3. The SMILES string of the molecule is CCN(CC(C)(C)O)C(=O)NC(C)c1cc2ccccc2o1. The van der Waals surface area contributed by atoms with Crippen LogP contribution in [0.2, 0.25) is 0 Å². The zero-order chi connectivity index (χ0) is 16.3. The van der Waals surface area contributed by atoms with E-state index in [1.807, 2.05) is 44.2 Å². The van der Waals surface area contributed by atoms with Gasteiger partial charge in [-0.25, -0.2) is 4.79 Å². The van der Waals surface area contributed by atoms with Crippen LogP contribution in [0.15, 0.2) is 34.7 Å². The van der Waals surface area contributed by atoms with Gasteiger partial charge >= 0.3 is 6.03 Å². The molecule has 0 saturated carbocycles. The van der Waals surface area contributed by atoms with Crippen molar-refractivity contribution in [2.75, 3.05) is 13.1 Å². The molecule has 5 heteroatoms. The molecule has 2 amide bonds. The highest BCUT2D eigenvalue weighted by Crippen LogP contribution is 2.23. The molecular weight excluding hydrogens is 280 g/mol. The molecule has 0 aliphatic rings. The number of hydrogen-bond acceptors (Lipinski definition) is 3. The fraction of sp³-hybridized carbons (Fsp3) is 0.471. The van der Waals surface area contributed by atoms with Gasteiger partial charge in [0.05, 0.1) is 18.2 Å². The van der Waals surface area contributed by atoms with E-state index in [0.29, 0.717) is 12.3 Å². The van der Waals surface area contributed by atoms with Gasteiger partial charge in [0.2, 0.25) is 0 Å². The summed E-state index contributed by atoms with van der Waals surface area (Å²) in [6, 6.07) is 9.23. The molecule has 1 aromatic heterocycles. The molecule has 0 aliphatic heterocycles. The van der Waals surface area contributed by atoms with Crippen molar-refractivity contribution in [3.05, 3.63) is 36.1 Å². The maximum atomic E-state index is 12.3. The van der Waals surface area contributed by atoms with E-state index in [2.05, 4.69) is 5.32 Å². The molecule has 1 aromatic carbocycles. The Labute approximate surface area is 130 Å². The van der Waals surface area contributed by atoms with Crippen LogP contribution in [0.4, 0.5) is 4.79 Å². The first-order chi connectivity index (χ1) is 10.3. The third-order valence-corrected chi connectivity index (χ3v) is 3.46. The Kier molecular flexibility index (Phi) is 4.76. The second kappa shape index (κ2) is 6.40. The van der Waals surface area contributed by atoms with Crippen molar-refractivity contribution in [3.63, 3.8) is 0 Å². The summed E-state index contributed by atoms with van der Waals surface area (Å²) in [6.45, 7) is 7.95. The molecule has 22 heavy (non-hydrogen) atoms. The Morgan fingerprint density at radius 1 is 1.41 bits per heavy atom. The van der Waals surface area contributed by atoms with Gasteiger partial charge in [-0.2, -0.15) is 0 Å². The zero-order valence-corrected chi connectivity index (χ0v) is 13.6. The lowest BCUT2D eigenvalue weighted by Gasteiger charge is -2.29. The number of carbonyl (C=O) groups is 1. The van der Waals surface area contributed by atoms with E-state index in [4.69, 9.17) is 4.42 Å². The number of furan rings is 1. The van der Waals surface area contributed by atoms with Crippen molar-refractivity contribution in [1.82, 2.24) is 10.2 Å². The summed E-state index contributed by atoms with van der Waals surface area (Å²) in [7, 11) is 0. The van der Waals surface area contributed by atoms with Crippen molar-refractivity contribution in [2.24, 2.45) is 0 Å². The summed E-state index contributed by atoms with van der Waals surface area (Å²) in [5.74, 6) is 0.717. The average molecular weight is 304 g/mol. The van der Waals surface area contributed by atoms with Gasteiger partial charge in [-0.1, -0.05) is 18.2 Å². The Bertz CT molecular complexity index is 610. The van der Waals surface area contributed by atoms with E-state index in [-0.39, 0.29) is 18.6 Å². The summed E-state index contributed by atoms with van der Waals surface area (Å²) >= 11 is 0. The van der Waals surface area contributed by atoms with E-state index >= 15 is 0 Å². The molecule has 2 N–H and O–H groups in total. The topological polar surface area (TPSA) is 65.7 Å². The van der Waals surface area contributed by atoms with Gasteiger partial charge in [0, 0.05) is 11.9 Å². The minimum Gasteiger partial charge on any atom is -0.459 e. The molecule has 1 unspecified atom stereocenters. The predicted molar refractivity (Wildman–Crippen MR) is 86.7 cm³/mol. The molecule has 120 valence electrons. The maximum Gasteiger partial charge on any atom is 0.318 e. The first-order valence-corrected chi connectivity index (χ1v) is 7.56. The van der Waals surface area contributed by atoms with Crippen LogP contribution in [0.5, 0.6) is 0 Å². The number of urea groups is 1.